The smallest absolute Gasteiger partial charge is 0.224 e. The van der Waals surface area contributed by atoms with Crippen molar-refractivity contribution in [2.75, 3.05) is 0 Å². The van der Waals surface area contributed by atoms with Crippen LogP contribution in [0.25, 0.3) is 0 Å². The minimum atomic E-state index is -0.373. The van der Waals surface area contributed by atoms with Crippen molar-refractivity contribution in [2.45, 2.75) is 50.4 Å². The van der Waals surface area contributed by atoms with E-state index in [1.54, 1.807) is 0 Å². The molecule has 2 saturated carbocycles. The maximum absolute atomic E-state index is 10.9. The van der Waals surface area contributed by atoms with Crippen LogP contribution in [0.2, 0.25) is 0 Å². The Kier molecular flexibility index (Phi) is 4.03. The summed E-state index contributed by atoms with van der Waals surface area (Å²) in [7, 11) is 0. The molecule has 0 aromatic carbocycles. The van der Waals surface area contributed by atoms with Crippen molar-refractivity contribution < 1.29 is 9.59 Å². The van der Waals surface area contributed by atoms with Crippen molar-refractivity contribution in [1.82, 2.24) is 20.4 Å². The normalized spacial score (nSPS) is 27.7. The molecular weight excluding hydrogens is 360 g/mol. The summed E-state index contributed by atoms with van der Waals surface area (Å²) in [5, 5.41) is 20.0. The SMILES string of the molecule is NC(=O)Cc1nnc(C2CC3(C2)CC(c2nnc(CC(N)=O)s2)C3)s1. The van der Waals surface area contributed by atoms with Crippen LogP contribution in [0.15, 0.2) is 0 Å². The maximum atomic E-state index is 10.9. The predicted molar refractivity (Wildman–Crippen MR) is 92.0 cm³/mol. The lowest BCUT2D eigenvalue weighted by molar-refractivity contribution is -0.118. The monoisotopic (exact) mass is 378 g/mol. The van der Waals surface area contributed by atoms with Crippen LogP contribution < -0.4 is 11.5 Å². The zero-order chi connectivity index (χ0) is 17.6. The Labute approximate surface area is 152 Å². The van der Waals surface area contributed by atoms with Crippen molar-refractivity contribution in [3.05, 3.63) is 20.0 Å². The Morgan fingerprint density at radius 2 is 1.24 bits per heavy atom. The molecule has 132 valence electrons. The van der Waals surface area contributed by atoms with E-state index in [0.717, 1.165) is 35.7 Å². The molecule has 0 bridgehead atoms. The number of primary amides is 2. The van der Waals surface area contributed by atoms with E-state index in [9.17, 15) is 9.59 Å². The first-order valence-electron chi connectivity index (χ1n) is 8.14. The van der Waals surface area contributed by atoms with Gasteiger partial charge in [0, 0.05) is 11.8 Å². The van der Waals surface area contributed by atoms with Crippen LogP contribution in [0.1, 0.15) is 57.5 Å². The molecule has 2 heterocycles. The molecule has 0 aliphatic heterocycles. The topological polar surface area (TPSA) is 138 Å². The Morgan fingerprint density at radius 1 is 0.840 bits per heavy atom. The molecule has 25 heavy (non-hydrogen) atoms. The molecule has 4 N–H and O–H groups in total. The van der Waals surface area contributed by atoms with Crippen molar-refractivity contribution in [1.29, 1.82) is 0 Å². The Bertz CT molecular complexity index is 748. The fourth-order valence-corrected chi connectivity index (χ4v) is 5.86. The highest BCUT2D eigenvalue weighted by atomic mass is 32.1. The quantitative estimate of drug-likeness (QED) is 0.765. The van der Waals surface area contributed by atoms with Gasteiger partial charge < -0.3 is 11.5 Å². The first kappa shape index (κ1) is 16.5. The minimum Gasteiger partial charge on any atom is -0.369 e. The fraction of sp³-hybridized carbons (Fsp3) is 0.600. The van der Waals surface area contributed by atoms with Gasteiger partial charge in [0.05, 0.1) is 12.8 Å². The fourth-order valence-electron chi connectivity index (χ4n) is 3.96. The lowest BCUT2D eigenvalue weighted by Gasteiger charge is -2.56. The molecule has 2 aliphatic carbocycles. The van der Waals surface area contributed by atoms with Crippen molar-refractivity contribution >= 4 is 34.5 Å². The van der Waals surface area contributed by atoms with Gasteiger partial charge in [0.25, 0.3) is 0 Å². The molecular formula is C15H18N6O2S2. The molecule has 0 saturated heterocycles. The van der Waals surface area contributed by atoms with Crippen LogP contribution in [-0.2, 0) is 22.4 Å². The van der Waals surface area contributed by atoms with Gasteiger partial charge in [-0.1, -0.05) is 0 Å². The summed E-state index contributed by atoms with van der Waals surface area (Å²) in [4.78, 5) is 21.9. The Hall–Kier alpha value is -1.94. The predicted octanol–water partition coefficient (Wildman–Crippen LogP) is 0.887. The molecule has 0 radical (unpaired) electrons. The van der Waals surface area contributed by atoms with Gasteiger partial charge in [-0.3, -0.25) is 9.59 Å². The summed E-state index contributed by atoms with van der Waals surface area (Å²) in [6, 6.07) is 0. The van der Waals surface area contributed by atoms with E-state index in [1.165, 1.54) is 22.7 Å². The molecule has 2 aliphatic rings. The van der Waals surface area contributed by atoms with E-state index >= 15 is 0 Å². The largest absolute Gasteiger partial charge is 0.369 e. The highest BCUT2D eigenvalue weighted by Gasteiger charge is 2.55. The molecule has 10 heteroatoms. The lowest BCUT2D eigenvalue weighted by Crippen LogP contribution is -2.45. The number of carbonyl (C=O) groups excluding carboxylic acids is 2. The average molecular weight is 378 g/mol. The van der Waals surface area contributed by atoms with Crippen LogP contribution in [-0.4, -0.2) is 32.2 Å². The molecule has 0 atom stereocenters. The van der Waals surface area contributed by atoms with Gasteiger partial charge in [0.1, 0.15) is 20.0 Å². The number of amides is 2. The van der Waals surface area contributed by atoms with Gasteiger partial charge in [0.2, 0.25) is 11.8 Å². The van der Waals surface area contributed by atoms with E-state index in [2.05, 4.69) is 20.4 Å². The molecule has 2 aromatic rings. The molecule has 2 fully saturated rings. The summed E-state index contributed by atoms with van der Waals surface area (Å²) >= 11 is 3.00. The number of hydrogen-bond donors (Lipinski definition) is 2. The molecule has 1 spiro atoms. The first-order valence-corrected chi connectivity index (χ1v) is 9.77. The van der Waals surface area contributed by atoms with Gasteiger partial charge in [-0.25, -0.2) is 0 Å². The number of rotatable bonds is 6. The van der Waals surface area contributed by atoms with E-state index in [0.29, 0.717) is 27.3 Å². The van der Waals surface area contributed by atoms with Gasteiger partial charge in [-0.05, 0) is 31.1 Å². The third-order valence-electron chi connectivity index (χ3n) is 5.03. The zero-order valence-corrected chi connectivity index (χ0v) is 15.1. The average Bonchev–Trinajstić information content (AvgIpc) is 3.04. The van der Waals surface area contributed by atoms with Crippen LogP contribution in [0.4, 0.5) is 0 Å². The highest BCUT2D eigenvalue weighted by molar-refractivity contribution is 7.11. The first-order chi connectivity index (χ1) is 11.9. The number of nitrogens with zero attached hydrogens (tertiary/aromatic N) is 4. The number of carbonyl (C=O) groups is 2. The number of nitrogens with two attached hydrogens (primary N) is 2. The molecule has 2 amide bonds. The standard InChI is InChI=1S/C15H18N6O2S2/c16-9(22)1-11-18-20-13(24-11)7-3-15(4-7)5-8(6-15)14-21-19-12(25-14)2-10(17)23/h7-8H,1-6H2,(H2,16,22)(H2,17,23). The van der Waals surface area contributed by atoms with Gasteiger partial charge in [0.15, 0.2) is 0 Å². The number of hydrogen-bond acceptors (Lipinski definition) is 8. The zero-order valence-electron chi connectivity index (χ0n) is 13.5. The molecule has 8 nitrogen and oxygen atoms in total. The second-order valence-electron chi connectivity index (χ2n) is 7.06. The Morgan fingerprint density at radius 3 is 1.60 bits per heavy atom. The maximum Gasteiger partial charge on any atom is 0.224 e. The van der Waals surface area contributed by atoms with E-state index in [-0.39, 0.29) is 24.7 Å². The van der Waals surface area contributed by atoms with E-state index < -0.39 is 0 Å². The van der Waals surface area contributed by atoms with Crippen molar-refractivity contribution in [3.8, 4) is 0 Å². The van der Waals surface area contributed by atoms with E-state index in [1.807, 2.05) is 0 Å². The lowest BCUT2D eigenvalue weighted by atomic mass is 9.48. The minimum absolute atomic E-state index is 0.169. The van der Waals surface area contributed by atoms with Crippen LogP contribution >= 0.6 is 22.7 Å². The van der Waals surface area contributed by atoms with Gasteiger partial charge >= 0.3 is 0 Å². The summed E-state index contributed by atoms with van der Waals surface area (Å²) in [5.74, 6) is 0.143. The molecule has 4 rings (SSSR count). The summed E-state index contributed by atoms with van der Waals surface area (Å²) in [5.41, 5.74) is 10.8. The molecule has 2 aromatic heterocycles. The van der Waals surface area contributed by atoms with Gasteiger partial charge in [-0.15, -0.1) is 43.1 Å². The van der Waals surface area contributed by atoms with Crippen molar-refractivity contribution in [2.24, 2.45) is 16.9 Å². The molecule has 0 unspecified atom stereocenters. The van der Waals surface area contributed by atoms with Crippen LogP contribution in [0.3, 0.4) is 0 Å². The summed E-state index contributed by atoms with van der Waals surface area (Å²) in [6.07, 6.45) is 4.79. The second-order valence-corrected chi connectivity index (χ2v) is 9.25. The highest BCUT2D eigenvalue weighted by Crippen LogP contribution is 2.66. The third kappa shape index (κ3) is 3.28. The van der Waals surface area contributed by atoms with E-state index in [4.69, 9.17) is 11.5 Å². The second kappa shape index (κ2) is 6.10. The van der Waals surface area contributed by atoms with Gasteiger partial charge in [-0.2, -0.15) is 0 Å². The summed E-state index contributed by atoms with van der Waals surface area (Å²) < 4.78 is 0. The van der Waals surface area contributed by atoms with Crippen molar-refractivity contribution in [3.63, 3.8) is 0 Å². The summed E-state index contributed by atoms with van der Waals surface area (Å²) in [6.45, 7) is 0. The third-order valence-corrected chi connectivity index (χ3v) is 7.20. The van der Waals surface area contributed by atoms with Crippen LogP contribution in [0.5, 0.6) is 0 Å². The Balaban J connectivity index is 1.30. The number of aromatic nitrogens is 4. The van der Waals surface area contributed by atoms with Crippen LogP contribution in [0, 0.1) is 5.41 Å².